The van der Waals surface area contributed by atoms with Crippen molar-refractivity contribution in [3.8, 4) is 0 Å². The quantitative estimate of drug-likeness (QED) is 0.605. The van der Waals surface area contributed by atoms with E-state index in [1.807, 2.05) is 0 Å². The second-order valence-electron chi connectivity index (χ2n) is 5.00. The number of sulfone groups is 1. The van der Waals surface area contributed by atoms with Gasteiger partial charge in [0.05, 0.1) is 10.6 Å². The van der Waals surface area contributed by atoms with E-state index in [-0.39, 0.29) is 10.6 Å². The van der Waals surface area contributed by atoms with Crippen LogP contribution >= 0.6 is 22.5 Å². The van der Waals surface area contributed by atoms with E-state index in [1.165, 1.54) is 6.26 Å². The number of nitrogens with zero attached hydrogens (tertiary/aromatic N) is 2. The average Bonchev–Trinajstić information content (AvgIpc) is 2.26. The summed E-state index contributed by atoms with van der Waals surface area (Å²) < 4.78 is 22.2. The van der Waals surface area contributed by atoms with Crippen molar-refractivity contribution >= 4 is 32.3 Å². The van der Waals surface area contributed by atoms with Gasteiger partial charge in [-0.25, -0.2) is 8.42 Å². The molecule has 0 aromatic heterocycles. The number of hydrogen-bond donors (Lipinski definition) is 1. The Balaban J connectivity index is 2.36. The van der Waals surface area contributed by atoms with Gasteiger partial charge in [0, 0.05) is 39.0 Å². The van der Waals surface area contributed by atoms with Gasteiger partial charge in [0.15, 0.2) is 0 Å². The van der Waals surface area contributed by atoms with Crippen LogP contribution in [0.2, 0.25) is 0 Å². The summed E-state index contributed by atoms with van der Waals surface area (Å²) in [5.74, 6) is 0.262. The van der Waals surface area contributed by atoms with Crippen LogP contribution in [0.1, 0.15) is 13.8 Å². The van der Waals surface area contributed by atoms with Gasteiger partial charge in [-0.15, -0.1) is 11.7 Å². The first-order chi connectivity index (χ1) is 7.74. The second kappa shape index (κ2) is 6.14. The third-order valence-corrected chi connectivity index (χ3v) is 6.11. The van der Waals surface area contributed by atoms with Crippen molar-refractivity contribution in [3.63, 3.8) is 0 Å². The first kappa shape index (κ1) is 15.6. The molecule has 1 saturated heterocycles. The highest BCUT2D eigenvalue weighted by atomic mass is 33.1. The summed E-state index contributed by atoms with van der Waals surface area (Å²) in [4.78, 5) is 4.66. The van der Waals surface area contributed by atoms with Crippen molar-refractivity contribution < 1.29 is 8.42 Å². The molecule has 1 rings (SSSR count). The van der Waals surface area contributed by atoms with E-state index in [0.717, 1.165) is 26.2 Å². The van der Waals surface area contributed by atoms with Crippen molar-refractivity contribution in [3.05, 3.63) is 0 Å². The molecule has 0 aromatic rings. The van der Waals surface area contributed by atoms with E-state index in [4.69, 9.17) is 0 Å². The predicted octanol–water partition coefficient (Wildman–Crippen LogP) is 0.963. The van der Waals surface area contributed by atoms with E-state index in [1.54, 1.807) is 10.8 Å². The minimum absolute atomic E-state index is 0.0477. The summed E-state index contributed by atoms with van der Waals surface area (Å²) in [5.41, 5.74) is 0. The van der Waals surface area contributed by atoms with Gasteiger partial charge >= 0.3 is 0 Å². The molecule has 1 aliphatic heterocycles. The Morgan fingerprint density at radius 3 is 2.18 bits per heavy atom. The SMILES string of the molecule is CC(C)(SS)N1CCN(CCS(C)(=O)=O)CC1. The molecule has 7 heteroatoms. The summed E-state index contributed by atoms with van der Waals surface area (Å²) in [6.45, 7) is 8.81. The zero-order chi connectivity index (χ0) is 13.1. The summed E-state index contributed by atoms with van der Waals surface area (Å²) in [6.07, 6.45) is 1.30. The fraction of sp³-hybridized carbons (Fsp3) is 1.00. The zero-order valence-corrected chi connectivity index (χ0v) is 13.2. The van der Waals surface area contributed by atoms with Gasteiger partial charge in [0.2, 0.25) is 0 Å². The molecule has 0 saturated carbocycles. The average molecular weight is 298 g/mol. The maximum Gasteiger partial charge on any atom is 0.148 e. The lowest BCUT2D eigenvalue weighted by Crippen LogP contribution is -2.53. The topological polar surface area (TPSA) is 40.6 Å². The molecule has 0 aliphatic carbocycles. The molecule has 1 fully saturated rings. The minimum Gasteiger partial charge on any atom is -0.300 e. The molecular weight excluding hydrogens is 276 g/mol. The monoisotopic (exact) mass is 298 g/mol. The summed E-state index contributed by atoms with van der Waals surface area (Å²) in [6, 6.07) is 0. The molecule has 1 heterocycles. The Morgan fingerprint density at radius 2 is 1.76 bits per heavy atom. The zero-order valence-electron chi connectivity index (χ0n) is 10.7. The Kier molecular flexibility index (Phi) is 5.65. The van der Waals surface area contributed by atoms with Crippen LogP contribution in [0.3, 0.4) is 0 Å². The normalized spacial score (nSPS) is 20.7. The number of rotatable bonds is 5. The lowest BCUT2D eigenvalue weighted by molar-refractivity contribution is 0.0997. The molecule has 0 unspecified atom stereocenters. The first-order valence-electron chi connectivity index (χ1n) is 5.72. The standard InChI is InChI=1S/C10H22N2O2S3/c1-10(2,16-15)12-6-4-11(5-7-12)8-9-17(3,13)14/h15H,4-9H2,1-3H3. The van der Waals surface area contributed by atoms with Crippen molar-refractivity contribution in [1.82, 2.24) is 9.80 Å². The Bertz CT molecular complexity index is 335. The van der Waals surface area contributed by atoms with Crippen molar-refractivity contribution in [2.24, 2.45) is 0 Å². The molecule has 0 spiro atoms. The maximum atomic E-state index is 11.1. The summed E-state index contributed by atoms with van der Waals surface area (Å²) in [5, 5.41) is 0. The maximum absolute atomic E-state index is 11.1. The van der Waals surface area contributed by atoms with Gasteiger partial charge in [-0.3, -0.25) is 9.80 Å². The van der Waals surface area contributed by atoms with Gasteiger partial charge in [0.25, 0.3) is 0 Å². The molecule has 0 radical (unpaired) electrons. The number of piperazine rings is 1. The van der Waals surface area contributed by atoms with E-state index >= 15 is 0 Å². The summed E-state index contributed by atoms with van der Waals surface area (Å²) in [7, 11) is -1.28. The van der Waals surface area contributed by atoms with Gasteiger partial charge in [0.1, 0.15) is 9.84 Å². The van der Waals surface area contributed by atoms with Crippen LogP contribution in [0, 0.1) is 0 Å². The van der Waals surface area contributed by atoms with Crippen LogP contribution < -0.4 is 0 Å². The molecule has 0 amide bonds. The molecule has 17 heavy (non-hydrogen) atoms. The smallest absolute Gasteiger partial charge is 0.148 e. The van der Waals surface area contributed by atoms with Crippen molar-refractivity contribution in [2.75, 3.05) is 44.7 Å². The third kappa shape index (κ3) is 5.38. The lowest BCUT2D eigenvalue weighted by Gasteiger charge is -2.42. The van der Waals surface area contributed by atoms with Crippen LogP contribution in [-0.2, 0) is 9.84 Å². The molecule has 0 bridgehead atoms. The highest BCUT2D eigenvalue weighted by Crippen LogP contribution is 2.31. The molecule has 102 valence electrons. The largest absolute Gasteiger partial charge is 0.300 e. The molecule has 4 nitrogen and oxygen atoms in total. The van der Waals surface area contributed by atoms with Crippen LogP contribution in [0.25, 0.3) is 0 Å². The lowest BCUT2D eigenvalue weighted by atomic mass is 10.2. The predicted molar refractivity (Wildman–Crippen MR) is 78.4 cm³/mol. The Hall–Kier alpha value is 0.570. The van der Waals surface area contributed by atoms with Crippen LogP contribution in [0.4, 0.5) is 0 Å². The molecule has 0 atom stereocenters. The molecule has 1 aliphatic rings. The minimum atomic E-state index is -2.84. The number of hydrogen-bond acceptors (Lipinski definition) is 6. The molecule has 0 N–H and O–H groups in total. The Morgan fingerprint density at radius 1 is 1.24 bits per heavy atom. The Labute approximate surface area is 114 Å². The molecular formula is C10H22N2O2S3. The first-order valence-corrected chi connectivity index (χ1v) is 9.65. The highest BCUT2D eigenvalue weighted by molar-refractivity contribution is 8.69. The third-order valence-electron chi connectivity index (χ3n) is 3.14. The highest BCUT2D eigenvalue weighted by Gasteiger charge is 2.29. The number of thiol groups is 1. The van der Waals surface area contributed by atoms with E-state index in [2.05, 4.69) is 35.3 Å². The van der Waals surface area contributed by atoms with Gasteiger partial charge < -0.3 is 0 Å². The molecule has 0 aromatic carbocycles. The van der Waals surface area contributed by atoms with Crippen LogP contribution in [-0.4, -0.2) is 67.8 Å². The van der Waals surface area contributed by atoms with Gasteiger partial charge in [-0.05, 0) is 13.8 Å². The fourth-order valence-electron chi connectivity index (χ4n) is 1.86. The second-order valence-corrected chi connectivity index (χ2v) is 8.99. The van der Waals surface area contributed by atoms with Crippen molar-refractivity contribution in [2.45, 2.75) is 18.7 Å². The summed E-state index contributed by atoms with van der Waals surface area (Å²) >= 11 is 4.30. The van der Waals surface area contributed by atoms with Gasteiger partial charge in [-0.2, -0.15) is 0 Å². The van der Waals surface area contributed by atoms with E-state index in [9.17, 15) is 8.42 Å². The van der Waals surface area contributed by atoms with Crippen LogP contribution in [0.15, 0.2) is 0 Å². The van der Waals surface area contributed by atoms with Gasteiger partial charge in [-0.1, -0.05) is 10.8 Å². The van der Waals surface area contributed by atoms with E-state index in [0.29, 0.717) is 6.54 Å². The van der Waals surface area contributed by atoms with Crippen LogP contribution in [0.5, 0.6) is 0 Å². The van der Waals surface area contributed by atoms with Crippen molar-refractivity contribution in [1.29, 1.82) is 0 Å². The fourth-order valence-corrected chi connectivity index (χ4v) is 3.10. The van der Waals surface area contributed by atoms with E-state index < -0.39 is 9.84 Å².